The van der Waals surface area contributed by atoms with Crippen LogP contribution in [-0.4, -0.2) is 16.1 Å². The fourth-order valence-corrected chi connectivity index (χ4v) is 3.53. The third kappa shape index (κ3) is 4.27. The van der Waals surface area contributed by atoms with Crippen LogP contribution in [0, 0.1) is 0 Å². The minimum Gasteiger partial charge on any atom is -0.296 e. The van der Waals surface area contributed by atoms with Gasteiger partial charge in [0.1, 0.15) is 5.01 Å². The molecule has 0 bridgehead atoms. The van der Waals surface area contributed by atoms with Gasteiger partial charge in [-0.3, -0.25) is 10.1 Å². The van der Waals surface area contributed by atoms with Gasteiger partial charge in [0, 0.05) is 12.0 Å². The average Bonchev–Trinajstić information content (AvgIpc) is 3.16. The summed E-state index contributed by atoms with van der Waals surface area (Å²) in [5.41, 5.74) is 3.96. The standard InChI is InChI=1S/C22H17N3OS/c26-21(19-13-11-18(12-14-19)17-9-5-2-6-10-17)23-22-25-24-20(27-22)15-16-7-3-1-4-8-16/h1-14H,15H2,(H,23,25,26). The van der Waals surface area contributed by atoms with Crippen LogP contribution >= 0.6 is 11.3 Å². The molecule has 27 heavy (non-hydrogen) atoms. The zero-order chi connectivity index (χ0) is 18.5. The van der Waals surface area contributed by atoms with E-state index in [2.05, 4.69) is 15.5 Å². The molecule has 132 valence electrons. The first-order chi connectivity index (χ1) is 13.3. The molecule has 5 heteroatoms. The summed E-state index contributed by atoms with van der Waals surface area (Å²) in [5, 5.41) is 12.5. The maximum absolute atomic E-state index is 12.5. The monoisotopic (exact) mass is 371 g/mol. The molecule has 1 aromatic heterocycles. The fourth-order valence-electron chi connectivity index (χ4n) is 2.76. The molecule has 3 aromatic carbocycles. The number of nitrogens with one attached hydrogen (secondary N) is 1. The quantitative estimate of drug-likeness (QED) is 0.534. The molecule has 4 rings (SSSR count). The highest BCUT2D eigenvalue weighted by atomic mass is 32.1. The van der Waals surface area contributed by atoms with Crippen molar-refractivity contribution in [2.45, 2.75) is 6.42 Å². The summed E-state index contributed by atoms with van der Waals surface area (Å²) in [6, 6.07) is 27.7. The zero-order valence-electron chi connectivity index (χ0n) is 14.5. The molecule has 0 saturated carbocycles. The van der Waals surface area contributed by atoms with E-state index in [9.17, 15) is 4.79 Å². The first-order valence-electron chi connectivity index (χ1n) is 8.61. The molecule has 4 aromatic rings. The molecule has 0 unspecified atom stereocenters. The van der Waals surface area contributed by atoms with Gasteiger partial charge in [0.2, 0.25) is 5.13 Å². The number of carbonyl (C=O) groups excluding carboxylic acids is 1. The summed E-state index contributed by atoms with van der Waals surface area (Å²) in [6.45, 7) is 0. The second-order valence-corrected chi connectivity index (χ2v) is 7.12. The van der Waals surface area contributed by atoms with Crippen LogP contribution in [0.4, 0.5) is 5.13 Å². The predicted octanol–water partition coefficient (Wildman–Crippen LogP) is 5.05. The highest BCUT2D eigenvalue weighted by molar-refractivity contribution is 7.15. The Hall–Kier alpha value is -3.31. The van der Waals surface area contributed by atoms with Gasteiger partial charge in [0.25, 0.3) is 5.91 Å². The molecule has 1 N–H and O–H groups in total. The van der Waals surface area contributed by atoms with Crippen molar-refractivity contribution in [3.63, 3.8) is 0 Å². The third-order valence-electron chi connectivity index (χ3n) is 4.14. The van der Waals surface area contributed by atoms with E-state index in [1.807, 2.05) is 84.9 Å². The second kappa shape index (κ2) is 7.93. The van der Waals surface area contributed by atoms with Gasteiger partial charge in [-0.05, 0) is 28.8 Å². The summed E-state index contributed by atoms with van der Waals surface area (Å²) >= 11 is 1.40. The average molecular weight is 371 g/mol. The number of benzene rings is 3. The van der Waals surface area contributed by atoms with Crippen LogP contribution in [0.25, 0.3) is 11.1 Å². The highest BCUT2D eigenvalue weighted by Gasteiger charge is 2.11. The Labute approximate surface area is 161 Å². The Kier molecular flexibility index (Phi) is 5.03. The molecular weight excluding hydrogens is 354 g/mol. The van der Waals surface area contributed by atoms with E-state index in [0.29, 0.717) is 17.1 Å². The Balaban J connectivity index is 1.42. The normalized spacial score (nSPS) is 10.5. The maximum Gasteiger partial charge on any atom is 0.257 e. The van der Waals surface area contributed by atoms with Crippen molar-refractivity contribution in [1.82, 2.24) is 10.2 Å². The van der Waals surface area contributed by atoms with Gasteiger partial charge >= 0.3 is 0 Å². The van der Waals surface area contributed by atoms with E-state index in [0.717, 1.165) is 16.1 Å². The van der Waals surface area contributed by atoms with Gasteiger partial charge in [0.05, 0.1) is 0 Å². The fraction of sp³-hybridized carbons (Fsp3) is 0.0455. The van der Waals surface area contributed by atoms with E-state index in [1.54, 1.807) is 0 Å². The van der Waals surface area contributed by atoms with Gasteiger partial charge in [0.15, 0.2) is 0 Å². The molecule has 0 aliphatic heterocycles. The molecular formula is C22H17N3OS. The number of anilines is 1. The zero-order valence-corrected chi connectivity index (χ0v) is 15.3. The van der Waals surface area contributed by atoms with E-state index in [4.69, 9.17) is 0 Å². The van der Waals surface area contributed by atoms with Gasteiger partial charge in [-0.15, -0.1) is 10.2 Å². The van der Waals surface area contributed by atoms with Crippen molar-refractivity contribution in [2.75, 3.05) is 5.32 Å². The summed E-state index contributed by atoms with van der Waals surface area (Å²) in [4.78, 5) is 12.5. The smallest absolute Gasteiger partial charge is 0.257 e. The molecule has 0 spiro atoms. The van der Waals surface area contributed by atoms with Crippen molar-refractivity contribution < 1.29 is 4.79 Å². The van der Waals surface area contributed by atoms with Gasteiger partial charge in [-0.25, -0.2) is 0 Å². The van der Waals surface area contributed by atoms with E-state index in [-0.39, 0.29) is 5.91 Å². The van der Waals surface area contributed by atoms with Crippen molar-refractivity contribution >= 4 is 22.4 Å². The minimum absolute atomic E-state index is 0.183. The van der Waals surface area contributed by atoms with Crippen LogP contribution < -0.4 is 5.32 Å². The Morgan fingerprint density at radius 3 is 2.11 bits per heavy atom. The molecule has 0 radical (unpaired) electrons. The number of aromatic nitrogens is 2. The lowest BCUT2D eigenvalue weighted by molar-refractivity contribution is 0.102. The molecule has 0 atom stereocenters. The van der Waals surface area contributed by atoms with Gasteiger partial charge in [-0.1, -0.05) is 84.1 Å². The highest BCUT2D eigenvalue weighted by Crippen LogP contribution is 2.21. The summed E-state index contributed by atoms with van der Waals surface area (Å²) < 4.78 is 0. The maximum atomic E-state index is 12.5. The topological polar surface area (TPSA) is 54.9 Å². The molecule has 4 nitrogen and oxygen atoms in total. The molecule has 1 amide bonds. The van der Waals surface area contributed by atoms with Crippen molar-refractivity contribution in [2.24, 2.45) is 0 Å². The van der Waals surface area contributed by atoms with Crippen molar-refractivity contribution in [1.29, 1.82) is 0 Å². The first-order valence-corrected chi connectivity index (χ1v) is 9.43. The predicted molar refractivity (Wildman–Crippen MR) is 109 cm³/mol. The number of carbonyl (C=O) groups is 1. The third-order valence-corrected chi connectivity index (χ3v) is 4.98. The molecule has 0 fully saturated rings. The summed E-state index contributed by atoms with van der Waals surface area (Å²) in [6.07, 6.45) is 0.708. The Morgan fingerprint density at radius 1 is 0.778 bits per heavy atom. The number of nitrogens with zero attached hydrogens (tertiary/aromatic N) is 2. The lowest BCUT2D eigenvalue weighted by atomic mass is 10.0. The summed E-state index contributed by atoms with van der Waals surface area (Å²) in [5.74, 6) is -0.183. The van der Waals surface area contributed by atoms with Crippen LogP contribution in [0.1, 0.15) is 20.9 Å². The van der Waals surface area contributed by atoms with Crippen molar-refractivity contribution in [3.05, 3.63) is 101 Å². The Bertz CT molecular complexity index is 1030. The number of rotatable bonds is 5. The second-order valence-electron chi connectivity index (χ2n) is 6.06. The van der Waals surface area contributed by atoms with Crippen LogP contribution in [0.3, 0.4) is 0 Å². The largest absolute Gasteiger partial charge is 0.296 e. The van der Waals surface area contributed by atoms with E-state index >= 15 is 0 Å². The van der Waals surface area contributed by atoms with Gasteiger partial charge in [-0.2, -0.15) is 0 Å². The van der Waals surface area contributed by atoms with Crippen LogP contribution in [0.2, 0.25) is 0 Å². The molecule has 0 aliphatic carbocycles. The SMILES string of the molecule is O=C(Nc1nnc(Cc2ccccc2)s1)c1ccc(-c2ccccc2)cc1. The number of amides is 1. The Morgan fingerprint density at radius 2 is 1.41 bits per heavy atom. The van der Waals surface area contributed by atoms with Crippen LogP contribution in [0.15, 0.2) is 84.9 Å². The number of hydrogen-bond acceptors (Lipinski definition) is 4. The van der Waals surface area contributed by atoms with E-state index < -0.39 is 0 Å². The van der Waals surface area contributed by atoms with Crippen LogP contribution in [0.5, 0.6) is 0 Å². The van der Waals surface area contributed by atoms with Crippen LogP contribution in [-0.2, 0) is 6.42 Å². The molecule has 0 saturated heterocycles. The number of hydrogen-bond donors (Lipinski definition) is 1. The molecule has 1 heterocycles. The first kappa shape index (κ1) is 17.1. The lowest BCUT2D eigenvalue weighted by Gasteiger charge is -2.04. The van der Waals surface area contributed by atoms with Gasteiger partial charge < -0.3 is 0 Å². The van der Waals surface area contributed by atoms with Crippen molar-refractivity contribution in [3.8, 4) is 11.1 Å². The lowest BCUT2D eigenvalue weighted by Crippen LogP contribution is -2.11. The molecule has 0 aliphatic rings. The minimum atomic E-state index is -0.183. The summed E-state index contributed by atoms with van der Waals surface area (Å²) in [7, 11) is 0. The van der Waals surface area contributed by atoms with E-state index in [1.165, 1.54) is 16.9 Å².